The Bertz CT molecular complexity index is 3280. The normalized spacial score (nSPS) is 11.5. The molecule has 0 bridgehead atoms. The summed E-state index contributed by atoms with van der Waals surface area (Å²) >= 11 is 0. The molecule has 0 unspecified atom stereocenters. The number of benzene rings is 9. The van der Waals surface area contributed by atoms with E-state index in [1.165, 1.54) is 21.5 Å². The maximum atomic E-state index is 5.34. The Labute approximate surface area is 341 Å². The highest BCUT2D eigenvalue weighted by molar-refractivity contribution is 6.14. The molecule has 0 spiro atoms. The van der Waals surface area contributed by atoms with E-state index in [0.29, 0.717) is 17.5 Å². The van der Waals surface area contributed by atoms with Crippen LogP contribution in [0.1, 0.15) is 5.82 Å². The summed E-state index contributed by atoms with van der Waals surface area (Å²) in [5.74, 6) is 2.61. The van der Waals surface area contributed by atoms with Crippen LogP contribution in [0.4, 0.5) is 0 Å². The molecular formula is C54H35N5. The number of fused-ring (bicyclic) bond motifs is 5. The molecule has 59 heavy (non-hydrogen) atoms. The van der Waals surface area contributed by atoms with Crippen LogP contribution in [0.25, 0.3) is 111 Å². The smallest absolute Gasteiger partial charge is 0.164 e. The lowest BCUT2D eigenvalue weighted by Gasteiger charge is -2.16. The Morgan fingerprint density at radius 3 is 1.37 bits per heavy atom. The number of hydrogen-bond donors (Lipinski definition) is 0. The molecule has 0 aliphatic heterocycles. The first-order chi connectivity index (χ1) is 29.1. The second kappa shape index (κ2) is 14.2. The van der Waals surface area contributed by atoms with Gasteiger partial charge in [0.1, 0.15) is 5.82 Å². The van der Waals surface area contributed by atoms with Crippen molar-refractivity contribution in [3.8, 4) is 67.5 Å². The van der Waals surface area contributed by atoms with Gasteiger partial charge in [-0.15, -0.1) is 0 Å². The molecule has 0 saturated carbocycles. The summed E-state index contributed by atoms with van der Waals surface area (Å²) in [6, 6.07) is 64.5. The van der Waals surface area contributed by atoms with Gasteiger partial charge in [0, 0.05) is 34.6 Å². The van der Waals surface area contributed by atoms with E-state index < -0.39 is 0 Å². The van der Waals surface area contributed by atoms with Gasteiger partial charge >= 0.3 is 0 Å². The quantitative estimate of drug-likeness (QED) is 0.158. The molecule has 5 nitrogen and oxygen atoms in total. The molecule has 0 N–H and O–H groups in total. The van der Waals surface area contributed by atoms with Gasteiger partial charge in [0.2, 0.25) is 0 Å². The van der Waals surface area contributed by atoms with E-state index in [1.807, 2.05) is 19.3 Å². The number of aromatic nitrogens is 5. The highest BCUT2D eigenvalue weighted by Gasteiger charge is 2.18. The third kappa shape index (κ3) is 6.26. The van der Waals surface area contributed by atoms with Crippen molar-refractivity contribution in [3.05, 3.63) is 200 Å². The summed E-state index contributed by atoms with van der Waals surface area (Å²) in [5, 5.41) is 9.27. The minimum atomic E-state index is 0.604. The van der Waals surface area contributed by atoms with Crippen LogP contribution in [0.15, 0.2) is 194 Å². The maximum Gasteiger partial charge on any atom is 0.164 e. The zero-order valence-electron chi connectivity index (χ0n) is 32.2. The average Bonchev–Trinajstić information content (AvgIpc) is 3.31. The molecule has 0 radical (unpaired) electrons. The van der Waals surface area contributed by atoms with Crippen molar-refractivity contribution in [3.63, 3.8) is 0 Å². The zero-order chi connectivity index (χ0) is 39.3. The van der Waals surface area contributed by atoms with Crippen LogP contribution in [0.2, 0.25) is 0 Å². The molecule has 5 heteroatoms. The number of rotatable bonds is 6. The zero-order valence-corrected chi connectivity index (χ0v) is 32.2. The summed E-state index contributed by atoms with van der Waals surface area (Å²) < 4.78 is 0. The summed E-state index contributed by atoms with van der Waals surface area (Å²) in [5.41, 5.74) is 9.21. The first kappa shape index (κ1) is 34.4. The molecule has 2 heterocycles. The molecule has 2 aromatic heterocycles. The fourth-order valence-corrected chi connectivity index (χ4v) is 8.36. The van der Waals surface area contributed by atoms with Crippen LogP contribution in [0.3, 0.4) is 0 Å². The van der Waals surface area contributed by atoms with Crippen LogP contribution >= 0.6 is 0 Å². The van der Waals surface area contributed by atoms with E-state index in [0.717, 1.165) is 77.4 Å². The second-order valence-electron chi connectivity index (χ2n) is 14.9. The lowest BCUT2D eigenvalue weighted by Crippen LogP contribution is -2.01. The Morgan fingerprint density at radius 1 is 0.288 bits per heavy atom. The van der Waals surface area contributed by atoms with Crippen molar-refractivity contribution in [2.24, 2.45) is 0 Å². The topological polar surface area (TPSA) is 64.5 Å². The molecule has 276 valence electrons. The third-order valence-electron chi connectivity index (χ3n) is 11.3. The summed E-state index contributed by atoms with van der Waals surface area (Å²) in [6.07, 6.45) is 3.76. The summed E-state index contributed by atoms with van der Waals surface area (Å²) in [6.45, 7) is 1.90. The minimum absolute atomic E-state index is 0.604. The predicted octanol–water partition coefficient (Wildman–Crippen LogP) is 13.6. The predicted molar refractivity (Wildman–Crippen MR) is 243 cm³/mol. The van der Waals surface area contributed by atoms with Gasteiger partial charge in [0.05, 0.1) is 0 Å². The average molecular weight is 754 g/mol. The van der Waals surface area contributed by atoms with Gasteiger partial charge in [-0.1, -0.05) is 158 Å². The van der Waals surface area contributed by atoms with Gasteiger partial charge < -0.3 is 0 Å². The van der Waals surface area contributed by atoms with Crippen LogP contribution in [0.5, 0.6) is 0 Å². The Kier molecular flexibility index (Phi) is 8.30. The van der Waals surface area contributed by atoms with Crippen LogP contribution in [-0.4, -0.2) is 24.9 Å². The van der Waals surface area contributed by atoms with E-state index in [2.05, 4.69) is 192 Å². The molecule has 9 aromatic carbocycles. The highest BCUT2D eigenvalue weighted by Crippen LogP contribution is 2.40. The lowest BCUT2D eigenvalue weighted by molar-refractivity contribution is 1.06. The summed E-state index contributed by atoms with van der Waals surface area (Å²) in [4.78, 5) is 24.8. The van der Waals surface area contributed by atoms with E-state index in [-0.39, 0.29) is 0 Å². The van der Waals surface area contributed by atoms with Crippen LogP contribution in [0, 0.1) is 6.92 Å². The van der Waals surface area contributed by atoms with Gasteiger partial charge in [-0.05, 0) is 102 Å². The monoisotopic (exact) mass is 753 g/mol. The van der Waals surface area contributed by atoms with Crippen molar-refractivity contribution >= 4 is 43.1 Å². The number of aryl methyl sites for hydroxylation is 1. The van der Waals surface area contributed by atoms with Crippen molar-refractivity contribution in [1.82, 2.24) is 24.9 Å². The Balaban J connectivity index is 1.17. The van der Waals surface area contributed by atoms with Gasteiger partial charge in [0.15, 0.2) is 17.5 Å². The Morgan fingerprint density at radius 2 is 0.746 bits per heavy atom. The van der Waals surface area contributed by atoms with E-state index in [1.54, 1.807) is 0 Å². The number of nitrogens with zero attached hydrogens (tertiary/aromatic N) is 5. The molecule has 0 atom stereocenters. The fourth-order valence-electron chi connectivity index (χ4n) is 8.36. The molecule has 0 saturated heterocycles. The molecular weight excluding hydrogens is 719 g/mol. The SMILES string of the molecule is Cc1ncc(-c2ccc(-c3cc(-c4nc(-c5cccc6ccccc56)nc(-c5cccc6ccccc56)n4)cc(-c4cc5ccccc5c5ccccc45)c3)cc2)cn1. The largest absolute Gasteiger partial charge is 0.241 e. The standard InChI is InChI=1S/C54H35N5/c1-34-55-32-43(33-56-34)36-26-24-35(25-27-36)40-28-41(51-31-39-14-4-7-19-46(39)47-20-8-9-21-48(47)51)30-42(29-40)52-57-53(49-22-10-15-37-12-2-5-17-44(37)49)59-54(58-52)50-23-11-16-38-13-3-6-18-45(38)50/h2-33H,1H3. The molecule has 11 rings (SSSR count). The van der Waals surface area contributed by atoms with Gasteiger partial charge in [-0.25, -0.2) is 24.9 Å². The van der Waals surface area contributed by atoms with E-state index in [9.17, 15) is 0 Å². The summed E-state index contributed by atoms with van der Waals surface area (Å²) in [7, 11) is 0. The first-order valence-corrected chi connectivity index (χ1v) is 19.8. The van der Waals surface area contributed by atoms with Gasteiger partial charge in [0.25, 0.3) is 0 Å². The van der Waals surface area contributed by atoms with Gasteiger partial charge in [-0.2, -0.15) is 0 Å². The molecule has 0 aliphatic carbocycles. The highest BCUT2D eigenvalue weighted by atomic mass is 15.0. The molecule has 0 fully saturated rings. The van der Waals surface area contributed by atoms with Crippen molar-refractivity contribution in [1.29, 1.82) is 0 Å². The third-order valence-corrected chi connectivity index (χ3v) is 11.3. The minimum Gasteiger partial charge on any atom is -0.241 e. The van der Waals surface area contributed by atoms with Crippen molar-refractivity contribution in [2.45, 2.75) is 6.92 Å². The molecule has 0 amide bonds. The van der Waals surface area contributed by atoms with E-state index >= 15 is 0 Å². The van der Waals surface area contributed by atoms with Crippen LogP contribution in [-0.2, 0) is 0 Å². The molecule has 0 aliphatic rings. The first-order valence-electron chi connectivity index (χ1n) is 19.8. The molecule has 11 aromatic rings. The fraction of sp³-hybridized carbons (Fsp3) is 0.0185. The Hall–Kier alpha value is -7.89. The van der Waals surface area contributed by atoms with Crippen molar-refractivity contribution < 1.29 is 0 Å². The maximum absolute atomic E-state index is 5.34. The second-order valence-corrected chi connectivity index (χ2v) is 14.9. The van der Waals surface area contributed by atoms with Crippen LogP contribution < -0.4 is 0 Å². The van der Waals surface area contributed by atoms with E-state index in [4.69, 9.17) is 15.0 Å². The van der Waals surface area contributed by atoms with Crippen molar-refractivity contribution in [2.75, 3.05) is 0 Å². The lowest BCUT2D eigenvalue weighted by atomic mass is 9.90. The number of hydrogen-bond acceptors (Lipinski definition) is 5. The van der Waals surface area contributed by atoms with Gasteiger partial charge in [-0.3, -0.25) is 0 Å².